The molecule has 2 atom stereocenters. The molecule has 0 aromatic rings. The largest absolute Gasteiger partial charge is 0.327 e. The molecular formula is C11H25O3P. The first-order valence-corrected chi connectivity index (χ1v) is 7.86. The van der Waals surface area contributed by atoms with Crippen LogP contribution in [0.3, 0.4) is 0 Å². The summed E-state index contributed by atoms with van der Waals surface area (Å²) in [6.45, 7) is 5.78. The Morgan fingerprint density at radius 1 is 1.20 bits per heavy atom. The smallest absolute Gasteiger partial charge is 0.312 e. The predicted molar refractivity (Wildman–Crippen MR) is 64.5 cm³/mol. The Balaban J connectivity index is 3.78. The van der Waals surface area contributed by atoms with Crippen LogP contribution in [-0.4, -0.2) is 19.9 Å². The van der Waals surface area contributed by atoms with Gasteiger partial charge < -0.3 is 9.05 Å². The minimum Gasteiger partial charge on any atom is -0.312 e. The topological polar surface area (TPSA) is 35.5 Å². The first-order valence-electron chi connectivity index (χ1n) is 5.87. The Kier molecular flexibility index (Phi) is 8.40. The van der Waals surface area contributed by atoms with Gasteiger partial charge in [0.25, 0.3) is 0 Å². The van der Waals surface area contributed by atoms with Crippen molar-refractivity contribution in [1.29, 1.82) is 0 Å². The molecule has 0 spiro atoms. The van der Waals surface area contributed by atoms with E-state index >= 15 is 0 Å². The molecule has 0 saturated carbocycles. The van der Waals surface area contributed by atoms with Crippen LogP contribution in [0.25, 0.3) is 0 Å². The molecule has 0 aromatic carbocycles. The van der Waals surface area contributed by atoms with Crippen molar-refractivity contribution in [3.05, 3.63) is 0 Å². The zero-order chi connectivity index (χ0) is 11.7. The van der Waals surface area contributed by atoms with Gasteiger partial charge in [0.2, 0.25) is 0 Å². The molecule has 4 heteroatoms. The van der Waals surface area contributed by atoms with E-state index in [-0.39, 0.29) is 6.10 Å². The molecule has 3 nitrogen and oxygen atoms in total. The molecule has 0 aliphatic carbocycles. The van der Waals surface area contributed by atoms with Gasteiger partial charge in [-0.05, 0) is 12.8 Å². The molecule has 15 heavy (non-hydrogen) atoms. The van der Waals surface area contributed by atoms with Crippen molar-refractivity contribution in [2.24, 2.45) is 0 Å². The van der Waals surface area contributed by atoms with Gasteiger partial charge in [-0.15, -0.1) is 0 Å². The van der Waals surface area contributed by atoms with Gasteiger partial charge in [0.15, 0.2) is 0 Å². The Labute approximate surface area is 94.1 Å². The van der Waals surface area contributed by atoms with E-state index in [0.29, 0.717) is 0 Å². The lowest BCUT2D eigenvalue weighted by atomic mass is 10.1. The second-order valence-corrected chi connectivity index (χ2v) is 6.06. The van der Waals surface area contributed by atoms with Crippen molar-refractivity contribution < 1.29 is 13.6 Å². The maximum atomic E-state index is 11.6. The van der Waals surface area contributed by atoms with E-state index in [1.165, 1.54) is 33.0 Å². The van der Waals surface area contributed by atoms with E-state index in [0.717, 1.165) is 19.3 Å². The van der Waals surface area contributed by atoms with E-state index in [1.807, 2.05) is 0 Å². The molecule has 92 valence electrons. The lowest BCUT2D eigenvalue weighted by Crippen LogP contribution is -2.10. The summed E-state index contributed by atoms with van der Waals surface area (Å²) in [7, 11) is -1.37. The highest BCUT2D eigenvalue weighted by molar-refractivity contribution is 7.52. The SMILES string of the molecule is CCCCCCC(CC)OP(C)(=O)OC. The third-order valence-electron chi connectivity index (χ3n) is 2.51. The monoisotopic (exact) mass is 236 g/mol. The molecule has 0 amide bonds. The summed E-state index contributed by atoms with van der Waals surface area (Å²) in [4.78, 5) is 0. The maximum Gasteiger partial charge on any atom is 0.327 e. The van der Waals surface area contributed by atoms with Crippen LogP contribution in [0.2, 0.25) is 0 Å². The molecule has 0 aliphatic heterocycles. The number of unbranched alkanes of at least 4 members (excludes halogenated alkanes) is 3. The van der Waals surface area contributed by atoms with Crippen LogP contribution < -0.4 is 0 Å². The normalized spacial score (nSPS) is 17.3. The van der Waals surface area contributed by atoms with Gasteiger partial charge in [-0.2, -0.15) is 0 Å². The summed E-state index contributed by atoms with van der Waals surface area (Å²) in [5, 5.41) is 0. The lowest BCUT2D eigenvalue weighted by molar-refractivity contribution is 0.150. The molecule has 0 N–H and O–H groups in total. The summed E-state index contributed by atoms with van der Waals surface area (Å²) in [6.07, 6.45) is 6.85. The van der Waals surface area contributed by atoms with Crippen molar-refractivity contribution in [1.82, 2.24) is 0 Å². The first kappa shape index (κ1) is 15.2. The summed E-state index contributed by atoms with van der Waals surface area (Å²) in [5.74, 6) is 0. The minimum atomic E-state index is -2.80. The molecule has 0 rings (SSSR count). The van der Waals surface area contributed by atoms with Crippen LogP contribution in [0.15, 0.2) is 0 Å². The Morgan fingerprint density at radius 3 is 2.33 bits per heavy atom. The lowest BCUT2D eigenvalue weighted by Gasteiger charge is -2.19. The van der Waals surface area contributed by atoms with Gasteiger partial charge in [-0.25, -0.2) is 0 Å². The maximum absolute atomic E-state index is 11.6. The summed E-state index contributed by atoms with van der Waals surface area (Å²) in [6, 6.07) is 0. The van der Waals surface area contributed by atoms with Gasteiger partial charge in [0, 0.05) is 13.8 Å². The molecule has 0 radical (unpaired) electrons. The van der Waals surface area contributed by atoms with E-state index in [2.05, 4.69) is 13.8 Å². The molecule has 0 heterocycles. The van der Waals surface area contributed by atoms with Crippen molar-refractivity contribution in [3.8, 4) is 0 Å². The van der Waals surface area contributed by atoms with E-state index in [1.54, 1.807) is 0 Å². The fourth-order valence-electron chi connectivity index (χ4n) is 1.44. The fraction of sp³-hybridized carbons (Fsp3) is 1.00. The van der Waals surface area contributed by atoms with Gasteiger partial charge in [0.05, 0.1) is 6.10 Å². The number of rotatable bonds is 9. The van der Waals surface area contributed by atoms with Crippen LogP contribution >= 0.6 is 7.60 Å². The summed E-state index contributed by atoms with van der Waals surface area (Å²) >= 11 is 0. The Bertz CT molecular complexity index is 194. The van der Waals surface area contributed by atoms with Crippen LogP contribution in [-0.2, 0) is 13.6 Å². The highest BCUT2D eigenvalue weighted by Gasteiger charge is 2.20. The third-order valence-corrected chi connectivity index (χ3v) is 3.85. The average molecular weight is 236 g/mol. The van der Waals surface area contributed by atoms with Crippen LogP contribution in [0.1, 0.15) is 52.4 Å². The van der Waals surface area contributed by atoms with Gasteiger partial charge in [-0.3, -0.25) is 4.57 Å². The van der Waals surface area contributed by atoms with E-state index in [4.69, 9.17) is 9.05 Å². The second-order valence-electron chi connectivity index (χ2n) is 3.94. The van der Waals surface area contributed by atoms with Crippen molar-refractivity contribution >= 4 is 7.60 Å². The molecule has 0 saturated heterocycles. The average Bonchev–Trinajstić information content (AvgIpc) is 2.22. The van der Waals surface area contributed by atoms with Gasteiger partial charge in [0.1, 0.15) is 0 Å². The van der Waals surface area contributed by atoms with Gasteiger partial charge in [-0.1, -0.05) is 39.5 Å². The van der Waals surface area contributed by atoms with Crippen LogP contribution in [0.4, 0.5) is 0 Å². The molecule has 0 fully saturated rings. The van der Waals surface area contributed by atoms with E-state index in [9.17, 15) is 4.57 Å². The first-order chi connectivity index (χ1) is 7.05. The molecule has 0 aliphatic rings. The fourth-order valence-corrected chi connectivity index (χ4v) is 2.33. The highest BCUT2D eigenvalue weighted by Crippen LogP contribution is 2.45. The van der Waals surface area contributed by atoms with E-state index < -0.39 is 7.60 Å². The predicted octanol–water partition coefficient (Wildman–Crippen LogP) is 4.22. The molecule has 0 bridgehead atoms. The zero-order valence-corrected chi connectivity index (χ0v) is 11.4. The van der Waals surface area contributed by atoms with Crippen molar-refractivity contribution in [2.75, 3.05) is 13.8 Å². The second kappa shape index (κ2) is 8.32. The summed E-state index contributed by atoms with van der Waals surface area (Å²) < 4.78 is 21.9. The van der Waals surface area contributed by atoms with Gasteiger partial charge >= 0.3 is 7.60 Å². The Hall–Kier alpha value is 0.150. The third kappa shape index (κ3) is 8.01. The van der Waals surface area contributed by atoms with Crippen LogP contribution in [0, 0.1) is 0 Å². The van der Waals surface area contributed by atoms with Crippen molar-refractivity contribution in [3.63, 3.8) is 0 Å². The molecule has 0 aromatic heterocycles. The van der Waals surface area contributed by atoms with Crippen LogP contribution in [0.5, 0.6) is 0 Å². The molecular weight excluding hydrogens is 211 g/mol. The zero-order valence-electron chi connectivity index (χ0n) is 10.5. The number of hydrogen-bond donors (Lipinski definition) is 0. The standard InChI is InChI=1S/C11H25O3P/c1-5-7-8-9-10-11(6-2)14-15(4,12)13-3/h11H,5-10H2,1-4H3. The van der Waals surface area contributed by atoms with Crippen molar-refractivity contribution in [2.45, 2.75) is 58.5 Å². The molecule has 2 unspecified atom stereocenters. The minimum absolute atomic E-state index is 0.0811. The Morgan fingerprint density at radius 2 is 1.87 bits per heavy atom. The number of hydrogen-bond acceptors (Lipinski definition) is 3. The highest BCUT2D eigenvalue weighted by atomic mass is 31.2. The quantitative estimate of drug-likeness (QED) is 0.444. The summed E-state index contributed by atoms with van der Waals surface area (Å²) in [5.41, 5.74) is 0.